The van der Waals surface area contributed by atoms with Gasteiger partial charge in [0.05, 0.1) is 11.7 Å². The highest BCUT2D eigenvalue weighted by atomic mass is 15.3. The van der Waals surface area contributed by atoms with Crippen molar-refractivity contribution in [3.8, 4) is 0 Å². The molecule has 2 N–H and O–H groups in total. The summed E-state index contributed by atoms with van der Waals surface area (Å²) in [5.41, 5.74) is 7.33. The first-order valence-electron chi connectivity index (χ1n) is 7.79. The van der Waals surface area contributed by atoms with Gasteiger partial charge >= 0.3 is 0 Å². The Morgan fingerprint density at radius 3 is 2.63 bits per heavy atom. The Kier molecular flexibility index (Phi) is 4.67. The molecule has 1 saturated carbocycles. The first-order chi connectivity index (χ1) is 9.05. The SMILES string of the molecule is CC(C)C(C)(CN)Cc1ccn(C2CCCCC2)n1. The molecule has 3 heteroatoms. The lowest BCUT2D eigenvalue weighted by Gasteiger charge is -2.31. The molecule has 1 fully saturated rings. The average molecular weight is 263 g/mol. The van der Waals surface area contributed by atoms with Crippen molar-refractivity contribution in [2.45, 2.75) is 65.3 Å². The first-order valence-corrected chi connectivity index (χ1v) is 7.79. The summed E-state index contributed by atoms with van der Waals surface area (Å²) >= 11 is 0. The van der Waals surface area contributed by atoms with Crippen molar-refractivity contribution >= 4 is 0 Å². The minimum atomic E-state index is 0.158. The van der Waals surface area contributed by atoms with Crippen LogP contribution in [0.5, 0.6) is 0 Å². The van der Waals surface area contributed by atoms with Gasteiger partial charge < -0.3 is 5.73 Å². The molecule has 0 aromatic carbocycles. The maximum Gasteiger partial charge on any atom is 0.0630 e. The van der Waals surface area contributed by atoms with E-state index in [4.69, 9.17) is 10.8 Å². The molecule has 19 heavy (non-hydrogen) atoms. The van der Waals surface area contributed by atoms with Gasteiger partial charge in [-0.1, -0.05) is 40.0 Å². The summed E-state index contributed by atoms with van der Waals surface area (Å²) in [4.78, 5) is 0. The van der Waals surface area contributed by atoms with Crippen LogP contribution in [0, 0.1) is 11.3 Å². The molecule has 2 rings (SSSR count). The molecule has 0 aliphatic heterocycles. The van der Waals surface area contributed by atoms with Crippen LogP contribution in [0.1, 0.15) is 64.6 Å². The quantitative estimate of drug-likeness (QED) is 0.883. The van der Waals surface area contributed by atoms with E-state index in [0.29, 0.717) is 12.0 Å². The number of rotatable bonds is 5. The molecular weight excluding hydrogens is 234 g/mol. The number of nitrogens with zero attached hydrogens (tertiary/aromatic N) is 2. The van der Waals surface area contributed by atoms with E-state index in [1.807, 2.05) is 0 Å². The molecule has 1 aromatic rings. The van der Waals surface area contributed by atoms with Gasteiger partial charge in [0.2, 0.25) is 0 Å². The summed E-state index contributed by atoms with van der Waals surface area (Å²) in [5.74, 6) is 0.581. The summed E-state index contributed by atoms with van der Waals surface area (Å²) < 4.78 is 2.20. The fraction of sp³-hybridized carbons (Fsp3) is 0.812. The van der Waals surface area contributed by atoms with Crippen molar-refractivity contribution in [1.82, 2.24) is 9.78 Å². The lowest BCUT2D eigenvalue weighted by Crippen LogP contribution is -2.35. The number of hydrogen-bond acceptors (Lipinski definition) is 2. The normalized spacial score (nSPS) is 20.7. The van der Waals surface area contributed by atoms with Crippen molar-refractivity contribution in [2.75, 3.05) is 6.54 Å². The summed E-state index contributed by atoms with van der Waals surface area (Å²) in [6, 6.07) is 2.82. The van der Waals surface area contributed by atoms with E-state index in [9.17, 15) is 0 Å². The fourth-order valence-corrected chi connectivity index (χ4v) is 2.95. The maximum atomic E-state index is 5.97. The van der Waals surface area contributed by atoms with Crippen LogP contribution in [0.15, 0.2) is 12.3 Å². The second kappa shape index (κ2) is 6.08. The van der Waals surface area contributed by atoms with E-state index in [-0.39, 0.29) is 5.41 Å². The smallest absolute Gasteiger partial charge is 0.0630 e. The summed E-state index contributed by atoms with van der Waals surface area (Å²) in [6.07, 6.45) is 9.84. The van der Waals surface area contributed by atoms with Crippen molar-refractivity contribution in [3.05, 3.63) is 18.0 Å². The average Bonchev–Trinajstić information content (AvgIpc) is 2.87. The lowest BCUT2D eigenvalue weighted by atomic mass is 9.75. The molecule has 1 unspecified atom stereocenters. The highest BCUT2D eigenvalue weighted by molar-refractivity contribution is 5.04. The van der Waals surface area contributed by atoms with E-state index < -0.39 is 0 Å². The summed E-state index contributed by atoms with van der Waals surface area (Å²) in [6.45, 7) is 7.51. The van der Waals surface area contributed by atoms with Crippen molar-refractivity contribution in [2.24, 2.45) is 17.1 Å². The Balaban J connectivity index is 2.04. The number of hydrogen-bond donors (Lipinski definition) is 1. The van der Waals surface area contributed by atoms with E-state index in [1.54, 1.807) is 0 Å². The van der Waals surface area contributed by atoms with Crippen LogP contribution in [0.4, 0.5) is 0 Å². The molecule has 0 amide bonds. The second-order valence-corrected chi connectivity index (χ2v) is 6.77. The molecule has 1 heterocycles. The molecular formula is C16H29N3. The van der Waals surface area contributed by atoms with Crippen molar-refractivity contribution in [1.29, 1.82) is 0 Å². The third-order valence-corrected chi connectivity index (χ3v) is 5.06. The molecule has 0 radical (unpaired) electrons. The molecule has 0 saturated heterocycles. The van der Waals surface area contributed by atoms with Crippen LogP contribution in [-0.2, 0) is 6.42 Å². The Morgan fingerprint density at radius 2 is 2.05 bits per heavy atom. The zero-order chi connectivity index (χ0) is 13.9. The zero-order valence-corrected chi connectivity index (χ0v) is 12.7. The Labute approximate surface area is 117 Å². The molecule has 1 aromatic heterocycles. The lowest BCUT2D eigenvalue weighted by molar-refractivity contribution is 0.223. The predicted molar refractivity (Wildman–Crippen MR) is 80.1 cm³/mol. The van der Waals surface area contributed by atoms with Gasteiger partial charge in [-0.05, 0) is 43.2 Å². The largest absolute Gasteiger partial charge is 0.330 e. The minimum absolute atomic E-state index is 0.158. The Bertz CT molecular complexity index is 390. The topological polar surface area (TPSA) is 43.8 Å². The van der Waals surface area contributed by atoms with E-state index >= 15 is 0 Å². The third kappa shape index (κ3) is 3.38. The molecule has 3 nitrogen and oxygen atoms in total. The van der Waals surface area contributed by atoms with Crippen LogP contribution < -0.4 is 5.73 Å². The summed E-state index contributed by atoms with van der Waals surface area (Å²) in [7, 11) is 0. The van der Waals surface area contributed by atoms with Crippen molar-refractivity contribution < 1.29 is 0 Å². The van der Waals surface area contributed by atoms with Gasteiger partial charge in [-0.25, -0.2) is 0 Å². The molecule has 1 atom stereocenters. The molecule has 0 bridgehead atoms. The van der Waals surface area contributed by atoms with Gasteiger partial charge in [-0.3, -0.25) is 4.68 Å². The highest BCUT2D eigenvalue weighted by Gasteiger charge is 2.28. The van der Waals surface area contributed by atoms with Gasteiger partial charge in [-0.2, -0.15) is 5.10 Å². The molecule has 0 spiro atoms. The summed E-state index contributed by atoms with van der Waals surface area (Å²) in [5, 5.41) is 4.81. The first kappa shape index (κ1) is 14.6. The van der Waals surface area contributed by atoms with Crippen LogP contribution in [0.2, 0.25) is 0 Å². The van der Waals surface area contributed by atoms with Crippen LogP contribution in [0.3, 0.4) is 0 Å². The highest BCUT2D eigenvalue weighted by Crippen LogP contribution is 2.31. The van der Waals surface area contributed by atoms with Crippen LogP contribution in [-0.4, -0.2) is 16.3 Å². The standard InChI is InChI=1S/C16H29N3/c1-13(2)16(3,12-17)11-14-9-10-19(18-14)15-7-5-4-6-8-15/h9-10,13,15H,4-8,11-12,17H2,1-3H3. The van der Waals surface area contributed by atoms with Crippen LogP contribution in [0.25, 0.3) is 0 Å². The van der Waals surface area contributed by atoms with E-state index in [1.165, 1.54) is 37.8 Å². The second-order valence-electron chi connectivity index (χ2n) is 6.77. The zero-order valence-electron chi connectivity index (χ0n) is 12.7. The van der Waals surface area contributed by atoms with Gasteiger partial charge in [-0.15, -0.1) is 0 Å². The van der Waals surface area contributed by atoms with Gasteiger partial charge in [0.15, 0.2) is 0 Å². The predicted octanol–water partition coefficient (Wildman–Crippen LogP) is 3.55. The van der Waals surface area contributed by atoms with E-state index in [2.05, 4.69) is 37.7 Å². The molecule has 1 aliphatic carbocycles. The van der Waals surface area contributed by atoms with Gasteiger partial charge in [0, 0.05) is 6.20 Å². The molecule has 108 valence electrons. The van der Waals surface area contributed by atoms with Crippen LogP contribution >= 0.6 is 0 Å². The third-order valence-electron chi connectivity index (χ3n) is 5.06. The number of aromatic nitrogens is 2. The molecule has 1 aliphatic rings. The fourth-order valence-electron chi connectivity index (χ4n) is 2.95. The van der Waals surface area contributed by atoms with Gasteiger partial charge in [0.1, 0.15) is 0 Å². The van der Waals surface area contributed by atoms with Gasteiger partial charge in [0.25, 0.3) is 0 Å². The van der Waals surface area contributed by atoms with E-state index in [0.717, 1.165) is 13.0 Å². The Morgan fingerprint density at radius 1 is 1.37 bits per heavy atom. The van der Waals surface area contributed by atoms with Crippen molar-refractivity contribution in [3.63, 3.8) is 0 Å². The Hall–Kier alpha value is -0.830. The number of nitrogens with two attached hydrogens (primary N) is 1. The maximum absolute atomic E-state index is 5.97. The minimum Gasteiger partial charge on any atom is -0.330 e. The monoisotopic (exact) mass is 263 g/mol.